The van der Waals surface area contributed by atoms with Gasteiger partial charge in [-0.15, -0.1) is 0 Å². The van der Waals surface area contributed by atoms with Gasteiger partial charge in [-0.25, -0.2) is 0 Å². The highest BCUT2D eigenvalue weighted by Gasteiger charge is 2.20. The van der Waals surface area contributed by atoms with Crippen LogP contribution >= 0.6 is 0 Å². The Hall–Kier alpha value is -4.09. The zero-order valence-corrected chi connectivity index (χ0v) is 19.6. The fourth-order valence-corrected chi connectivity index (χ4v) is 4.47. The zero-order chi connectivity index (χ0) is 24.2. The zero-order valence-electron chi connectivity index (χ0n) is 19.6. The van der Waals surface area contributed by atoms with Crippen molar-refractivity contribution in [2.24, 2.45) is 0 Å². The molecule has 0 radical (unpaired) electrons. The van der Waals surface area contributed by atoms with Gasteiger partial charge in [0.15, 0.2) is 0 Å². The van der Waals surface area contributed by atoms with Gasteiger partial charge in [0.2, 0.25) is 0 Å². The summed E-state index contributed by atoms with van der Waals surface area (Å²) in [6, 6.07) is 27.6. The van der Waals surface area contributed by atoms with Crippen LogP contribution in [0, 0.1) is 6.92 Å². The maximum absolute atomic E-state index is 12.2. The van der Waals surface area contributed by atoms with Crippen molar-refractivity contribution in [3.8, 4) is 5.75 Å². The molecule has 0 spiro atoms. The van der Waals surface area contributed by atoms with Crippen molar-refractivity contribution < 1.29 is 14.6 Å². The van der Waals surface area contributed by atoms with Crippen LogP contribution in [-0.4, -0.2) is 22.1 Å². The molecule has 5 heteroatoms. The number of nitrogens with one attached hydrogen (secondary N) is 2. The van der Waals surface area contributed by atoms with Crippen LogP contribution in [0.15, 0.2) is 91.1 Å². The molecule has 3 N–H and O–H groups in total. The molecule has 0 aliphatic heterocycles. The number of carboxylic acids is 1. The third-order valence-corrected chi connectivity index (χ3v) is 6.43. The predicted molar refractivity (Wildman–Crippen MR) is 140 cm³/mol. The maximum Gasteiger partial charge on any atom is 0.321 e. The average molecular weight is 465 g/mol. The minimum atomic E-state index is -0.877. The number of benzene rings is 4. The molecule has 176 valence electrons. The van der Waals surface area contributed by atoms with Gasteiger partial charge in [0, 0.05) is 35.6 Å². The molecule has 5 aromatic rings. The van der Waals surface area contributed by atoms with Crippen LogP contribution in [0.2, 0.25) is 0 Å². The molecule has 0 unspecified atom stereocenters. The number of rotatable bonds is 9. The molecule has 0 fully saturated rings. The number of fused-ring (bicyclic) bond motifs is 2. The minimum absolute atomic E-state index is 0.379. The van der Waals surface area contributed by atoms with Gasteiger partial charge in [-0.3, -0.25) is 10.1 Å². The maximum atomic E-state index is 12.2. The first kappa shape index (κ1) is 22.7. The van der Waals surface area contributed by atoms with Crippen molar-refractivity contribution in [2.45, 2.75) is 32.5 Å². The van der Waals surface area contributed by atoms with E-state index < -0.39 is 12.0 Å². The Balaban J connectivity index is 1.39. The van der Waals surface area contributed by atoms with Gasteiger partial charge < -0.3 is 14.8 Å². The Bertz CT molecular complexity index is 1470. The summed E-state index contributed by atoms with van der Waals surface area (Å²) < 4.78 is 6.24. The van der Waals surface area contributed by atoms with Gasteiger partial charge in [-0.05, 0) is 41.0 Å². The van der Waals surface area contributed by atoms with E-state index in [1.54, 1.807) is 0 Å². The third kappa shape index (κ3) is 5.05. The molecule has 0 amide bonds. The van der Waals surface area contributed by atoms with E-state index in [9.17, 15) is 9.90 Å². The van der Waals surface area contributed by atoms with Crippen molar-refractivity contribution >= 4 is 27.6 Å². The summed E-state index contributed by atoms with van der Waals surface area (Å²) in [6.07, 6.45) is 2.28. The highest BCUT2D eigenvalue weighted by molar-refractivity contribution is 5.88. The molecular formula is C30H28N2O3. The summed E-state index contributed by atoms with van der Waals surface area (Å²) in [5, 5.41) is 16.5. The largest absolute Gasteiger partial charge is 0.489 e. The Kier molecular flexibility index (Phi) is 6.51. The Morgan fingerprint density at radius 1 is 0.943 bits per heavy atom. The standard InChI is InChI=1S/C30H28N2O3/c1-20-10-12-21(13-11-20)19-35-29-15-14-22-6-2-3-7-24(22)26(29)18-32-28(30(33)34)16-23-17-31-27-9-5-4-8-25(23)27/h2-15,17,28,31-32H,16,18-19H2,1H3,(H,33,34)/t28-/m0/s1. The molecule has 0 aliphatic carbocycles. The van der Waals surface area contributed by atoms with Gasteiger partial charge in [-0.2, -0.15) is 0 Å². The molecule has 0 saturated carbocycles. The predicted octanol–water partition coefficient (Wildman–Crippen LogP) is 5.99. The van der Waals surface area contributed by atoms with E-state index in [1.165, 1.54) is 5.56 Å². The smallest absolute Gasteiger partial charge is 0.321 e. The SMILES string of the molecule is Cc1ccc(COc2ccc3ccccc3c2CN[C@@H](Cc2c[nH]c3ccccc23)C(=O)O)cc1. The first-order chi connectivity index (χ1) is 17.1. The number of carbonyl (C=O) groups is 1. The first-order valence-corrected chi connectivity index (χ1v) is 11.8. The number of aliphatic carboxylic acids is 1. The summed E-state index contributed by atoms with van der Waals surface area (Å²) in [5.74, 6) is -0.120. The second-order valence-electron chi connectivity index (χ2n) is 8.87. The van der Waals surface area contributed by atoms with Crippen molar-refractivity contribution in [3.63, 3.8) is 0 Å². The first-order valence-electron chi connectivity index (χ1n) is 11.8. The van der Waals surface area contributed by atoms with Crippen molar-refractivity contribution in [2.75, 3.05) is 0 Å². The summed E-state index contributed by atoms with van der Waals surface area (Å²) in [5.41, 5.74) is 5.24. The molecule has 1 heterocycles. The monoisotopic (exact) mass is 464 g/mol. The quantitative estimate of drug-likeness (QED) is 0.250. The number of hydrogen-bond donors (Lipinski definition) is 3. The normalized spacial score (nSPS) is 12.1. The van der Waals surface area contributed by atoms with Crippen LogP contribution < -0.4 is 10.1 Å². The lowest BCUT2D eigenvalue weighted by Crippen LogP contribution is -2.38. The van der Waals surface area contributed by atoms with Gasteiger partial charge in [0.25, 0.3) is 0 Å². The summed E-state index contributed by atoms with van der Waals surface area (Å²) in [7, 11) is 0. The fourth-order valence-electron chi connectivity index (χ4n) is 4.47. The van der Waals surface area contributed by atoms with Crippen LogP contribution in [-0.2, 0) is 24.4 Å². The summed E-state index contributed by atoms with van der Waals surface area (Å²) >= 11 is 0. The van der Waals surface area contributed by atoms with Crippen LogP contribution in [0.3, 0.4) is 0 Å². The van der Waals surface area contributed by atoms with Crippen LogP contribution in [0.5, 0.6) is 5.75 Å². The average Bonchev–Trinajstić information content (AvgIpc) is 3.29. The molecule has 4 aromatic carbocycles. The molecular weight excluding hydrogens is 436 g/mol. The summed E-state index contributed by atoms with van der Waals surface area (Å²) in [4.78, 5) is 15.4. The van der Waals surface area contributed by atoms with E-state index in [2.05, 4.69) is 53.6 Å². The Labute approximate surface area is 204 Å². The molecule has 0 saturated heterocycles. The van der Waals surface area contributed by atoms with Crippen LogP contribution in [0.25, 0.3) is 21.7 Å². The highest BCUT2D eigenvalue weighted by Crippen LogP contribution is 2.29. The second kappa shape index (κ2) is 10.0. The molecule has 1 atom stereocenters. The topological polar surface area (TPSA) is 74.3 Å². The third-order valence-electron chi connectivity index (χ3n) is 6.43. The van der Waals surface area contributed by atoms with E-state index >= 15 is 0 Å². The lowest BCUT2D eigenvalue weighted by atomic mass is 10.0. The van der Waals surface area contributed by atoms with E-state index in [-0.39, 0.29) is 0 Å². The molecule has 0 aliphatic rings. The Morgan fingerprint density at radius 2 is 1.69 bits per heavy atom. The van der Waals surface area contributed by atoms with Crippen molar-refractivity contribution in [1.29, 1.82) is 0 Å². The van der Waals surface area contributed by atoms with Crippen LogP contribution in [0.4, 0.5) is 0 Å². The number of hydrogen-bond acceptors (Lipinski definition) is 3. The molecule has 5 rings (SSSR count). The van der Waals surface area contributed by atoms with E-state index in [4.69, 9.17) is 4.74 Å². The van der Waals surface area contributed by atoms with E-state index in [0.717, 1.165) is 44.1 Å². The van der Waals surface area contributed by atoms with Crippen molar-refractivity contribution in [3.05, 3.63) is 113 Å². The van der Waals surface area contributed by atoms with Gasteiger partial charge in [-0.1, -0.05) is 78.4 Å². The minimum Gasteiger partial charge on any atom is -0.489 e. The lowest BCUT2D eigenvalue weighted by Gasteiger charge is -2.18. The highest BCUT2D eigenvalue weighted by atomic mass is 16.5. The van der Waals surface area contributed by atoms with Crippen LogP contribution in [0.1, 0.15) is 22.3 Å². The molecule has 35 heavy (non-hydrogen) atoms. The number of aromatic amines is 1. The van der Waals surface area contributed by atoms with Crippen molar-refractivity contribution in [1.82, 2.24) is 10.3 Å². The summed E-state index contributed by atoms with van der Waals surface area (Å²) in [6.45, 7) is 2.89. The number of aromatic nitrogens is 1. The van der Waals surface area contributed by atoms with E-state index in [0.29, 0.717) is 19.6 Å². The number of ether oxygens (including phenoxy) is 1. The number of para-hydroxylation sites is 1. The number of carboxylic acid groups (broad SMARTS) is 1. The van der Waals surface area contributed by atoms with Gasteiger partial charge in [0.1, 0.15) is 18.4 Å². The second-order valence-corrected chi connectivity index (χ2v) is 8.87. The molecule has 5 nitrogen and oxygen atoms in total. The lowest BCUT2D eigenvalue weighted by molar-refractivity contribution is -0.139. The van der Waals surface area contributed by atoms with Gasteiger partial charge in [0.05, 0.1) is 0 Å². The number of aryl methyl sites for hydroxylation is 1. The molecule has 0 bridgehead atoms. The van der Waals surface area contributed by atoms with Gasteiger partial charge >= 0.3 is 5.97 Å². The fraction of sp³-hybridized carbons (Fsp3) is 0.167. The molecule has 1 aromatic heterocycles. The van der Waals surface area contributed by atoms with E-state index in [1.807, 2.05) is 54.7 Å². The Morgan fingerprint density at radius 3 is 2.49 bits per heavy atom. The number of H-pyrrole nitrogens is 1.